The number of hydrogen-bond donors (Lipinski definition) is 2. The van der Waals surface area contributed by atoms with E-state index in [2.05, 4.69) is 10.6 Å². The normalized spacial score (nSPS) is 16.6. The van der Waals surface area contributed by atoms with Crippen LogP contribution in [0.5, 0.6) is 5.75 Å². The van der Waals surface area contributed by atoms with Gasteiger partial charge in [-0.3, -0.25) is 0 Å². The molecule has 0 radical (unpaired) electrons. The zero-order valence-corrected chi connectivity index (χ0v) is 12.7. The molecule has 0 saturated carbocycles. The maximum absolute atomic E-state index is 6.12. The summed E-state index contributed by atoms with van der Waals surface area (Å²) < 4.78 is 5.14. The number of rotatable bonds is 5. The Bertz CT molecular complexity index is 397. The number of nitrogens with one attached hydrogen (secondary N) is 2. The number of halogens is 2. The summed E-state index contributed by atoms with van der Waals surface area (Å²) in [6.07, 6.45) is 2.49. The van der Waals surface area contributed by atoms with E-state index in [4.69, 9.17) is 27.9 Å². The Morgan fingerprint density at radius 2 is 1.89 bits per heavy atom. The fourth-order valence-electron chi connectivity index (χ4n) is 2.42. The molecule has 1 fully saturated rings. The molecule has 1 aromatic carbocycles. The third kappa shape index (κ3) is 4.25. The van der Waals surface area contributed by atoms with Crippen LogP contribution < -0.4 is 15.4 Å². The molecule has 2 rings (SSSR count). The first-order valence-corrected chi connectivity index (χ1v) is 7.39. The maximum Gasteiger partial charge on any atom is 0.156 e. The topological polar surface area (TPSA) is 33.3 Å². The molecule has 0 spiro atoms. The minimum absolute atomic E-state index is 0.547. The first-order chi connectivity index (χ1) is 9.20. The Morgan fingerprint density at radius 3 is 2.47 bits per heavy atom. The molecule has 0 amide bonds. The van der Waals surface area contributed by atoms with Gasteiger partial charge in [0, 0.05) is 6.54 Å². The molecule has 1 aliphatic heterocycles. The predicted octanol–water partition coefficient (Wildman–Crippen LogP) is 3.09. The molecule has 0 aliphatic carbocycles. The van der Waals surface area contributed by atoms with Crippen molar-refractivity contribution in [3.63, 3.8) is 0 Å². The van der Waals surface area contributed by atoms with E-state index in [1.807, 2.05) is 12.1 Å². The highest BCUT2D eigenvalue weighted by molar-refractivity contribution is 6.37. The van der Waals surface area contributed by atoms with Crippen LogP contribution in [0.25, 0.3) is 0 Å². The Balaban J connectivity index is 1.85. The van der Waals surface area contributed by atoms with Crippen molar-refractivity contribution in [3.05, 3.63) is 27.7 Å². The minimum Gasteiger partial charge on any atom is -0.494 e. The molecule has 0 atom stereocenters. The molecule has 1 aromatic rings. The van der Waals surface area contributed by atoms with Crippen LogP contribution in [-0.2, 0) is 6.54 Å². The van der Waals surface area contributed by atoms with Gasteiger partial charge in [-0.25, -0.2) is 0 Å². The second-order valence-electron chi connectivity index (χ2n) is 4.92. The number of methoxy groups -OCH3 is 1. The quantitative estimate of drug-likeness (QED) is 0.877. The van der Waals surface area contributed by atoms with E-state index < -0.39 is 0 Å². The summed E-state index contributed by atoms with van der Waals surface area (Å²) in [5.41, 5.74) is 1.09. The fourth-order valence-corrected chi connectivity index (χ4v) is 3.10. The second-order valence-corrected chi connectivity index (χ2v) is 5.73. The SMILES string of the molecule is COc1c(Cl)cc(CNCC2CCNCC2)cc1Cl. The van der Waals surface area contributed by atoms with E-state index in [9.17, 15) is 0 Å². The Labute approximate surface area is 124 Å². The molecule has 5 heteroatoms. The van der Waals surface area contributed by atoms with Gasteiger partial charge in [-0.1, -0.05) is 23.2 Å². The second kappa shape index (κ2) is 7.34. The van der Waals surface area contributed by atoms with Crippen LogP contribution in [0, 0.1) is 5.92 Å². The molecular weight excluding hydrogens is 283 g/mol. The van der Waals surface area contributed by atoms with Crippen molar-refractivity contribution in [1.82, 2.24) is 10.6 Å². The smallest absolute Gasteiger partial charge is 0.156 e. The van der Waals surface area contributed by atoms with Crippen molar-refractivity contribution in [3.8, 4) is 5.75 Å². The predicted molar refractivity (Wildman–Crippen MR) is 80.3 cm³/mol. The lowest BCUT2D eigenvalue weighted by Gasteiger charge is -2.22. The van der Waals surface area contributed by atoms with E-state index in [1.165, 1.54) is 12.8 Å². The van der Waals surface area contributed by atoms with Gasteiger partial charge in [0.2, 0.25) is 0 Å². The van der Waals surface area contributed by atoms with Crippen molar-refractivity contribution in [2.24, 2.45) is 5.92 Å². The van der Waals surface area contributed by atoms with E-state index in [1.54, 1.807) is 7.11 Å². The lowest BCUT2D eigenvalue weighted by molar-refractivity contribution is 0.356. The Hall–Kier alpha value is -0.480. The van der Waals surface area contributed by atoms with Gasteiger partial charge in [0.25, 0.3) is 0 Å². The van der Waals surface area contributed by atoms with Crippen molar-refractivity contribution in [1.29, 1.82) is 0 Å². The Kier molecular flexibility index (Phi) is 5.76. The summed E-state index contributed by atoms with van der Waals surface area (Å²) in [6, 6.07) is 3.81. The molecule has 1 heterocycles. The molecule has 106 valence electrons. The van der Waals surface area contributed by atoms with E-state index in [-0.39, 0.29) is 0 Å². The van der Waals surface area contributed by atoms with Crippen LogP contribution in [0.15, 0.2) is 12.1 Å². The highest BCUT2D eigenvalue weighted by Crippen LogP contribution is 2.33. The van der Waals surface area contributed by atoms with Crippen molar-refractivity contribution in [2.45, 2.75) is 19.4 Å². The Morgan fingerprint density at radius 1 is 1.26 bits per heavy atom. The van der Waals surface area contributed by atoms with Gasteiger partial charge in [0.1, 0.15) is 0 Å². The minimum atomic E-state index is 0.547. The van der Waals surface area contributed by atoms with Crippen LogP contribution >= 0.6 is 23.2 Å². The zero-order chi connectivity index (χ0) is 13.7. The zero-order valence-electron chi connectivity index (χ0n) is 11.1. The monoisotopic (exact) mass is 302 g/mol. The third-order valence-corrected chi connectivity index (χ3v) is 4.04. The number of hydrogen-bond acceptors (Lipinski definition) is 3. The average molecular weight is 303 g/mol. The molecule has 1 aliphatic rings. The van der Waals surface area contributed by atoms with Gasteiger partial charge < -0.3 is 15.4 Å². The molecule has 19 heavy (non-hydrogen) atoms. The number of piperidine rings is 1. The average Bonchev–Trinajstić information content (AvgIpc) is 2.40. The van der Waals surface area contributed by atoms with Crippen LogP contribution in [0.2, 0.25) is 10.0 Å². The summed E-state index contributed by atoms with van der Waals surface area (Å²) in [5, 5.41) is 7.98. The summed E-state index contributed by atoms with van der Waals surface area (Å²) in [6.45, 7) is 4.09. The highest BCUT2D eigenvalue weighted by atomic mass is 35.5. The van der Waals surface area contributed by atoms with Crippen molar-refractivity contribution >= 4 is 23.2 Å². The maximum atomic E-state index is 6.12. The summed E-state index contributed by atoms with van der Waals surface area (Å²) >= 11 is 12.2. The highest BCUT2D eigenvalue weighted by Gasteiger charge is 2.13. The van der Waals surface area contributed by atoms with Crippen LogP contribution in [-0.4, -0.2) is 26.7 Å². The third-order valence-electron chi connectivity index (χ3n) is 3.48. The van der Waals surface area contributed by atoms with E-state index >= 15 is 0 Å². The van der Waals surface area contributed by atoms with Crippen LogP contribution in [0.3, 0.4) is 0 Å². The summed E-state index contributed by atoms with van der Waals surface area (Å²) in [5.74, 6) is 1.32. The van der Waals surface area contributed by atoms with Gasteiger partial charge in [-0.15, -0.1) is 0 Å². The van der Waals surface area contributed by atoms with E-state index in [0.717, 1.165) is 37.7 Å². The molecule has 0 bridgehead atoms. The van der Waals surface area contributed by atoms with Crippen LogP contribution in [0.1, 0.15) is 18.4 Å². The lowest BCUT2D eigenvalue weighted by Crippen LogP contribution is -2.33. The standard InChI is InChI=1S/C14H20Cl2N2O/c1-19-14-12(15)6-11(7-13(14)16)9-18-8-10-2-4-17-5-3-10/h6-7,10,17-18H,2-5,8-9H2,1H3. The first-order valence-electron chi connectivity index (χ1n) is 6.64. The molecular formula is C14H20Cl2N2O. The molecule has 0 aromatic heterocycles. The summed E-state index contributed by atoms with van der Waals surface area (Å²) in [4.78, 5) is 0. The van der Waals surface area contributed by atoms with Gasteiger partial charge in [-0.2, -0.15) is 0 Å². The van der Waals surface area contributed by atoms with Crippen LogP contribution in [0.4, 0.5) is 0 Å². The van der Waals surface area contributed by atoms with Crippen molar-refractivity contribution in [2.75, 3.05) is 26.7 Å². The summed E-state index contributed by atoms with van der Waals surface area (Å²) in [7, 11) is 1.57. The van der Waals surface area contributed by atoms with Gasteiger partial charge in [-0.05, 0) is 56.1 Å². The fraction of sp³-hybridized carbons (Fsp3) is 0.571. The number of benzene rings is 1. The van der Waals surface area contributed by atoms with Gasteiger partial charge >= 0.3 is 0 Å². The van der Waals surface area contributed by atoms with Gasteiger partial charge in [0.15, 0.2) is 5.75 Å². The largest absolute Gasteiger partial charge is 0.494 e. The molecule has 2 N–H and O–H groups in total. The number of ether oxygens (including phenoxy) is 1. The van der Waals surface area contributed by atoms with Crippen molar-refractivity contribution < 1.29 is 4.74 Å². The van der Waals surface area contributed by atoms with Gasteiger partial charge in [0.05, 0.1) is 17.2 Å². The molecule has 1 saturated heterocycles. The first kappa shape index (κ1) is 14.9. The molecule has 0 unspecified atom stereocenters. The lowest BCUT2D eigenvalue weighted by atomic mass is 9.98. The van der Waals surface area contributed by atoms with E-state index in [0.29, 0.717) is 15.8 Å². The molecule has 3 nitrogen and oxygen atoms in total.